The van der Waals surface area contributed by atoms with Crippen LogP contribution in [0.25, 0.3) is 0 Å². The van der Waals surface area contributed by atoms with Crippen molar-refractivity contribution in [1.29, 1.82) is 0 Å². The van der Waals surface area contributed by atoms with E-state index in [2.05, 4.69) is 5.32 Å². The number of carbonyl (C=O) groups excluding carboxylic acids is 2. The Bertz CT molecular complexity index is 1250. The summed E-state index contributed by atoms with van der Waals surface area (Å²) in [6, 6.07) is 19.3. The van der Waals surface area contributed by atoms with Crippen LogP contribution in [0.5, 0.6) is 11.5 Å². The van der Waals surface area contributed by atoms with Gasteiger partial charge >= 0.3 is 0 Å². The summed E-state index contributed by atoms with van der Waals surface area (Å²) < 4.78 is 24.2. The number of anilines is 2. The normalized spacial score (nSPS) is 16.6. The smallest absolute Gasteiger partial charge is 0.257 e. The molecule has 2 heterocycles. The predicted octanol–water partition coefficient (Wildman–Crippen LogP) is 4.09. The van der Waals surface area contributed by atoms with E-state index in [4.69, 9.17) is 21.7 Å². The van der Waals surface area contributed by atoms with Crippen LogP contribution >= 0.6 is 12.2 Å². The third-order valence-corrected chi connectivity index (χ3v) is 6.00. The zero-order chi connectivity index (χ0) is 23.7. The van der Waals surface area contributed by atoms with E-state index in [9.17, 15) is 14.0 Å². The maximum atomic E-state index is 13.4. The molecule has 172 valence electrons. The van der Waals surface area contributed by atoms with Gasteiger partial charge in [-0.15, -0.1) is 0 Å². The number of hydrogen-bond acceptors (Lipinski definition) is 5. The first-order valence-corrected chi connectivity index (χ1v) is 11.0. The molecule has 0 bridgehead atoms. The van der Waals surface area contributed by atoms with Gasteiger partial charge in [0, 0.05) is 12.2 Å². The molecule has 5 rings (SSSR count). The number of rotatable bonds is 5. The van der Waals surface area contributed by atoms with Crippen LogP contribution in [0.1, 0.15) is 12.0 Å². The van der Waals surface area contributed by atoms with Crippen molar-refractivity contribution in [2.45, 2.75) is 19.0 Å². The standard InChI is InChI=1S/C25H20FN3O4S/c26-17-7-9-19(10-8-17)29-23(30)13-20(24(29)31)28(25(34)27-18-4-2-1-3-5-18)14-16-6-11-21-22(12-16)33-15-32-21/h1-12,20H,13-15H2,(H,27,34)/t20-/m1/s1. The molecule has 1 N–H and O–H groups in total. The number of nitrogens with zero attached hydrogens (tertiary/aromatic N) is 2. The predicted molar refractivity (Wildman–Crippen MR) is 128 cm³/mol. The number of imide groups is 1. The van der Waals surface area contributed by atoms with E-state index < -0.39 is 17.8 Å². The summed E-state index contributed by atoms with van der Waals surface area (Å²) in [5, 5.41) is 3.46. The van der Waals surface area contributed by atoms with Crippen LogP contribution in [0.3, 0.4) is 0 Å². The maximum absolute atomic E-state index is 13.4. The number of carbonyl (C=O) groups is 2. The monoisotopic (exact) mass is 477 g/mol. The molecule has 3 aromatic rings. The van der Waals surface area contributed by atoms with Gasteiger partial charge in [0.25, 0.3) is 5.91 Å². The molecule has 2 amide bonds. The number of fused-ring (bicyclic) bond motifs is 1. The van der Waals surface area contributed by atoms with Gasteiger partial charge in [-0.25, -0.2) is 9.29 Å². The van der Waals surface area contributed by atoms with E-state index in [1.165, 1.54) is 24.3 Å². The fourth-order valence-electron chi connectivity index (χ4n) is 4.00. The van der Waals surface area contributed by atoms with Gasteiger partial charge in [0.05, 0.1) is 12.1 Å². The molecule has 1 fully saturated rings. The first-order chi connectivity index (χ1) is 16.5. The van der Waals surface area contributed by atoms with E-state index in [1.54, 1.807) is 11.0 Å². The Morgan fingerprint density at radius 2 is 1.76 bits per heavy atom. The molecule has 0 saturated carbocycles. The first-order valence-electron chi connectivity index (χ1n) is 10.6. The van der Waals surface area contributed by atoms with Crippen LogP contribution in [0.15, 0.2) is 72.8 Å². The van der Waals surface area contributed by atoms with Crippen molar-refractivity contribution in [2.24, 2.45) is 0 Å². The average molecular weight is 478 g/mol. The highest BCUT2D eigenvalue weighted by molar-refractivity contribution is 7.80. The van der Waals surface area contributed by atoms with E-state index in [1.807, 2.05) is 42.5 Å². The van der Waals surface area contributed by atoms with Gasteiger partial charge in [0.1, 0.15) is 11.9 Å². The SMILES string of the molecule is O=C1C[C@@H](N(Cc2ccc3c(c2)OCO3)C(=S)Nc2ccccc2)C(=O)N1c1ccc(F)cc1. The molecular weight excluding hydrogens is 457 g/mol. The van der Waals surface area contributed by atoms with Gasteiger partial charge in [-0.05, 0) is 66.3 Å². The largest absolute Gasteiger partial charge is 0.454 e. The number of nitrogens with one attached hydrogen (secondary N) is 1. The highest BCUT2D eigenvalue weighted by atomic mass is 32.1. The summed E-state index contributed by atoms with van der Waals surface area (Å²) in [5.41, 5.74) is 1.92. The number of ether oxygens (including phenoxy) is 2. The summed E-state index contributed by atoms with van der Waals surface area (Å²) in [6.07, 6.45) is -0.0582. The van der Waals surface area contributed by atoms with E-state index >= 15 is 0 Å². The Labute approximate surface area is 200 Å². The zero-order valence-corrected chi connectivity index (χ0v) is 18.8. The Morgan fingerprint density at radius 3 is 2.53 bits per heavy atom. The van der Waals surface area contributed by atoms with Crippen LogP contribution in [-0.4, -0.2) is 34.7 Å². The van der Waals surface area contributed by atoms with Crippen LogP contribution in [0.4, 0.5) is 15.8 Å². The number of hydrogen-bond donors (Lipinski definition) is 1. The highest BCUT2D eigenvalue weighted by Crippen LogP contribution is 2.34. The van der Waals surface area contributed by atoms with Gasteiger partial charge in [-0.2, -0.15) is 0 Å². The van der Waals surface area contributed by atoms with E-state index in [0.29, 0.717) is 22.3 Å². The lowest BCUT2D eigenvalue weighted by atomic mass is 10.1. The minimum absolute atomic E-state index is 0.0582. The number of thiocarbonyl (C=S) groups is 1. The molecular formula is C25H20FN3O4S. The maximum Gasteiger partial charge on any atom is 0.257 e. The molecule has 1 atom stereocenters. The third kappa shape index (κ3) is 4.29. The highest BCUT2D eigenvalue weighted by Gasteiger charge is 2.43. The Balaban J connectivity index is 1.44. The van der Waals surface area contributed by atoms with Crippen molar-refractivity contribution < 1.29 is 23.5 Å². The molecule has 2 aliphatic heterocycles. The van der Waals surface area contributed by atoms with Gasteiger partial charge in [-0.3, -0.25) is 9.59 Å². The fraction of sp³-hybridized carbons (Fsp3) is 0.160. The zero-order valence-electron chi connectivity index (χ0n) is 17.9. The van der Waals surface area contributed by atoms with Gasteiger partial charge in [-0.1, -0.05) is 24.3 Å². The summed E-state index contributed by atoms with van der Waals surface area (Å²) in [4.78, 5) is 29.1. The molecule has 3 aromatic carbocycles. The van der Waals surface area contributed by atoms with Crippen LogP contribution in [-0.2, 0) is 16.1 Å². The second kappa shape index (κ2) is 9.11. The molecule has 1 saturated heterocycles. The molecule has 0 aliphatic carbocycles. The average Bonchev–Trinajstić information content (AvgIpc) is 3.42. The summed E-state index contributed by atoms with van der Waals surface area (Å²) in [7, 11) is 0. The number of halogens is 1. The minimum Gasteiger partial charge on any atom is -0.454 e. The second-order valence-corrected chi connectivity index (χ2v) is 8.26. The number of para-hydroxylation sites is 1. The van der Waals surface area contributed by atoms with Crippen molar-refractivity contribution in [1.82, 2.24) is 4.90 Å². The number of benzene rings is 3. The fourth-order valence-corrected chi connectivity index (χ4v) is 4.31. The Hall–Kier alpha value is -3.98. The van der Waals surface area contributed by atoms with Crippen LogP contribution < -0.4 is 19.7 Å². The quantitative estimate of drug-likeness (QED) is 0.439. The molecule has 0 spiro atoms. The lowest BCUT2D eigenvalue weighted by molar-refractivity contribution is -0.122. The van der Waals surface area contributed by atoms with Crippen molar-refractivity contribution in [3.63, 3.8) is 0 Å². The molecule has 0 unspecified atom stereocenters. The second-order valence-electron chi connectivity index (χ2n) is 7.88. The lowest BCUT2D eigenvalue weighted by Crippen LogP contribution is -2.46. The van der Waals surface area contributed by atoms with Gasteiger partial charge in [0.2, 0.25) is 12.7 Å². The third-order valence-electron chi connectivity index (χ3n) is 5.66. The van der Waals surface area contributed by atoms with Crippen LogP contribution in [0, 0.1) is 5.82 Å². The Kier molecular flexibility index (Phi) is 5.85. The molecule has 0 aromatic heterocycles. The summed E-state index contributed by atoms with van der Waals surface area (Å²) >= 11 is 5.68. The van der Waals surface area contributed by atoms with Gasteiger partial charge < -0.3 is 19.7 Å². The van der Waals surface area contributed by atoms with Crippen molar-refractivity contribution >= 4 is 40.5 Å². The van der Waals surface area contributed by atoms with E-state index in [0.717, 1.165) is 16.2 Å². The lowest BCUT2D eigenvalue weighted by Gasteiger charge is -2.30. The van der Waals surface area contributed by atoms with Crippen LogP contribution in [0.2, 0.25) is 0 Å². The van der Waals surface area contributed by atoms with Crippen molar-refractivity contribution in [2.75, 3.05) is 17.0 Å². The molecule has 7 nitrogen and oxygen atoms in total. The molecule has 34 heavy (non-hydrogen) atoms. The molecule has 2 aliphatic rings. The Morgan fingerprint density at radius 1 is 1.03 bits per heavy atom. The van der Waals surface area contributed by atoms with Gasteiger partial charge in [0.15, 0.2) is 16.6 Å². The first kappa shape index (κ1) is 21.8. The number of amides is 2. The van der Waals surface area contributed by atoms with Crippen molar-refractivity contribution in [3.8, 4) is 11.5 Å². The van der Waals surface area contributed by atoms with Crippen molar-refractivity contribution in [3.05, 3.63) is 84.2 Å². The van der Waals surface area contributed by atoms with E-state index in [-0.39, 0.29) is 25.7 Å². The summed E-state index contributed by atoms with van der Waals surface area (Å²) in [6.45, 7) is 0.412. The summed E-state index contributed by atoms with van der Waals surface area (Å²) in [5.74, 6) is 0.0162. The molecule has 9 heteroatoms. The minimum atomic E-state index is -0.827. The molecule has 0 radical (unpaired) electrons. The topological polar surface area (TPSA) is 71.1 Å².